The molecule has 0 aromatic heterocycles. The van der Waals surface area contributed by atoms with Crippen LogP contribution >= 0.6 is 0 Å². The number of aryl methyl sites for hydroxylation is 1. The summed E-state index contributed by atoms with van der Waals surface area (Å²) in [5.41, 5.74) is -0.487. The molecular weight excluding hydrogens is 410 g/mol. The van der Waals surface area contributed by atoms with Crippen molar-refractivity contribution in [3.05, 3.63) is 29.8 Å². The summed E-state index contributed by atoms with van der Waals surface area (Å²) in [6.45, 7) is 10.3. The number of hydrogen-bond acceptors (Lipinski definition) is 7. The number of oxime groups is 1. The van der Waals surface area contributed by atoms with Gasteiger partial charge in [0.15, 0.2) is 5.60 Å². The number of carbonyl (C=O) groups is 1. The van der Waals surface area contributed by atoms with Crippen LogP contribution in [0.1, 0.15) is 40.2 Å². The van der Waals surface area contributed by atoms with E-state index in [9.17, 15) is 18.3 Å². The van der Waals surface area contributed by atoms with Crippen LogP contribution < -0.4 is 10.0 Å². The fourth-order valence-electron chi connectivity index (χ4n) is 4.03. The third-order valence-electron chi connectivity index (χ3n) is 5.43. The first-order valence-corrected chi connectivity index (χ1v) is 11.2. The second-order valence-corrected chi connectivity index (χ2v) is 10.8. The molecule has 3 N–H and O–H groups in total. The number of carbonyl (C=O) groups excluding carboxylic acids is 1. The summed E-state index contributed by atoms with van der Waals surface area (Å²) in [6.07, 6.45) is -1.98. The monoisotopic (exact) mass is 439 g/mol. The van der Waals surface area contributed by atoms with Gasteiger partial charge in [-0.05, 0) is 53.7 Å². The van der Waals surface area contributed by atoms with Crippen molar-refractivity contribution in [2.24, 2.45) is 11.1 Å². The molecule has 0 spiro atoms. The molecule has 0 unspecified atom stereocenters. The van der Waals surface area contributed by atoms with Gasteiger partial charge in [0, 0.05) is 0 Å². The zero-order chi connectivity index (χ0) is 22.5. The van der Waals surface area contributed by atoms with Crippen LogP contribution in [0.5, 0.6) is 0 Å². The molecule has 166 valence electrons. The first kappa shape index (κ1) is 22.5. The molecule has 1 fully saturated rings. The number of nitrogens with zero attached hydrogens (tertiary/aromatic N) is 1. The number of benzene rings is 1. The van der Waals surface area contributed by atoms with E-state index < -0.39 is 51.4 Å². The molecule has 9 nitrogen and oxygen atoms in total. The normalized spacial score (nSPS) is 31.0. The van der Waals surface area contributed by atoms with E-state index in [0.717, 1.165) is 5.56 Å². The average Bonchev–Trinajstić information content (AvgIpc) is 3.01. The van der Waals surface area contributed by atoms with Crippen LogP contribution in [0.15, 0.2) is 34.3 Å². The SMILES string of the molecule is CC1=NO[C@]2(C)[C@H]1[C@@H](NS(=O)(=O)c1ccc(C)cc1)[C@H](NC(=O)OC(C)(C)C)[C@@H]2O. The molecule has 30 heavy (non-hydrogen) atoms. The van der Waals surface area contributed by atoms with Crippen molar-refractivity contribution >= 4 is 21.8 Å². The van der Waals surface area contributed by atoms with Crippen molar-refractivity contribution in [1.29, 1.82) is 0 Å². The molecule has 1 amide bonds. The van der Waals surface area contributed by atoms with Gasteiger partial charge in [-0.1, -0.05) is 22.9 Å². The van der Waals surface area contributed by atoms with E-state index in [2.05, 4.69) is 15.2 Å². The van der Waals surface area contributed by atoms with Crippen LogP contribution in [0, 0.1) is 12.8 Å². The third-order valence-corrected chi connectivity index (χ3v) is 6.91. The van der Waals surface area contributed by atoms with Crippen molar-refractivity contribution in [2.45, 2.75) is 75.8 Å². The molecule has 1 heterocycles. The summed E-state index contributed by atoms with van der Waals surface area (Å²) in [5.74, 6) is -0.576. The number of sulfonamides is 1. The van der Waals surface area contributed by atoms with Crippen molar-refractivity contribution in [1.82, 2.24) is 10.0 Å². The maximum atomic E-state index is 13.0. The lowest BCUT2D eigenvalue weighted by Gasteiger charge is -2.28. The van der Waals surface area contributed by atoms with Crippen molar-refractivity contribution in [3.8, 4) is 0 Å². The molecule has 2 aliphatic rings. The molecule has 1 aromatic carbocycles. The Kier molecular flexibility index (Phi) is 5.63. The van der Waals surface area contributed by atoms with Crippen LogP contribution in [0.25, 0.3) is 0 Å². The predicted octanol–water partition coefficient (Wildman–Crippen LogP) is 1.69. The van der Waals surface area contributed by atoms with Gasteiger partial charge < -0.3 is 20.0 Å². The van der Waals surface area contributed by atoms with Crippen LogP contribution in [-0.2, 0) is 19.6 Å². The molecule has 3 rings (SSSR count). The van der Waals surface area contributed by atoms with Gasteiger partial charge in [0.1, 0.15) is 11.7 Å². The van der Waals surface area contributed by atoms with Crippen molar-refractivity contribution in [3.63, 3.8) is 0 Å². The highest BCUT2D eigenvalue weighted by Gasteiger charge is 2.64. The standard InChI is InChI=1S/C20H29N3O6S/c1-11-7-9-13(10-8-11)30(26,27)23-15-14-12(2)22-29-20(14,6)17(24)16(15)21-18(25)28-19(3,4)5/h7-10,14-17,23-24H,1-6H3,(H,21,25)/t14-,15-,16+,17+,20-/m1/s1. The van der Waals surface area contributed by atoms with Gasteiger partial charge in [-0.2, -0.15) is 0 Å². The maximum Gasteiger partial charge on any atom is 0.408 e. The maximum absolute atomic E-state index is 13.0. The molecule has 0 bridgehead atoms. The van der Waals surface area contributed by atoms with Gasteiger partial charge in [-0.3, -0.25) is 0 Å². The first-order valence-electron chi connectivity index (χ1n) is 9.74. The Morgan fingerprint density at radius 2 is 1.80 bits per heavy atom. The highest BCUT2D eigenvalue weighted by molar-refractivity contribution is 7.89. The highest BCUT2D eigenvalue weighted by atomic mass is 32.2. The molecule has 1 aliphatic carbocycles. The summed E-state index contributed by atoms with van der Waals surface area (Å²) in [7, 11) is -3.94. The summed E-state index contributed by atoms with van der Waals surface area (Å²) in [6, 6.07) is 4.53. The Hall–Kier alpha value is -2.17. The van der Waals surface area contributed by atoms with Crippen LogP contribution in [0.3, 0.4) is 0 Å². The lowest BCUT2D eigenvalue weighted by molar-refractivity contribution is -0.0947. The fourth-order valence-corrected chi connectivity index (χ4v) is 5.30. The Morgan fingerprint density at radius 3 is 2.37 bits per heavy atom. The van der Waals surface area contributed by atoms with Gasteiger partial charge in [0.2, 0.25) is 10.0 Å². The van der Waals surface area contributed by atoms with Crippen molar-refractivity contribution in [2.75, 3.05) is 0 Å². The Morgan fingerprint density at radius 1 is 1.20 bits per heavy atom. The smallest absolute Gasteiger partial charge is 0.408 e. The van der Waals surface area contributed by atoms with Gasteiger partial charge >= 0.3 is 6.09 Å². The zero-order valence-electron chi connectivity index (χ0n) is 18.0. The van der Waals surface area contributed by atoms with Gasteiger partial charge in [0.25, 0.3) is 0 Å². The minimum absolute atomic E-state index is 0.0840. The van der Waals surface area contributed by atoms with E-state index in [1.165, 1.54) is 12.1 Å². The summed E-state index contributed by atoms with van der Waals surface area (Å²) < 4.78 is 34.0. The number of aliphatic hydroxyl groups excluding tert-OH is 1. The minimum atomic E-state index is -3.94. The van der Waals surface area contributed by atoms with E-state index in [0.29, 0.717) is 5.71 Å². The molecule has 0 saturated heterocycles. The molecule has 0 radical (unpaired) electrons. The quantitative estimate of drug-likeness (QED) is 0.655. The topological polar surface area (TPSA) is 126 Å². The molecule has 1 saturated carbocycles. The second kappa shape index (κ2) is 7.51. The Bertz CT molecular complexity index is 954. The third kappa shape index (κ3) is 4.17. The zero-order valence-corrected chi connectivity index (χ0v) is 18.8. The Labute approximate surface area is 176 Å². The van der Waals surface area contributed by atoms with Crippen molar-refractivity contribution < 1.29 is 27.9 Å². The number of amides is 1. The summed E-state index contributed by atoms with van der Waals surface area (Å²) >= 11 is 0. The molecule has 10 heteroatoms. The van der Waals surface area contributed by atoms with E-state index in [1.54, 1.807) is 46.8 Å². The first-order chi connectivity index (χ1) is 13.7. The number of aliphatic hydroxyl groups is 1. The largest absolute Gasteiger partial charge is 0.444 e. The molecule has 1 aliphatic heterocycles. The Balaban J connectivity index is 1.93. The average molecular weight is 440 g/mol. The number of ether oxygens (including phenoxy) is 1. The van der Waals surface area contributed by atoms with Gasteiger partial charge in [0.05, 0.1) is 28.6 Å². The second-order valence-electron chi connectivity index (χ2n) is 9.06. The highest BCUT2D eigenvalue weighted by Crippen LogP contribution is 2.44. The molecule has 5 atom stereocenters. The fraction of sp³-hybridized carbons (Fsp3) is 0.600. The number of rotatable bonds is 4. The predicted molar refractivity (Wildman–Crippen MR) is 111 cm³/mol. The number of hydrogen-bond donors (Lipinski definition) is 3. The number of fused-ring (bicyclic) bond motifs is 1. The number of nitrogens with one attached hydrogen (secondary N) is 2. The van der Waals surface area contributed by atoms with Crippen LogP contribution in [0.4, 0.5) is 4.79 Å². The number of alkyl carbamates (subject to hydrolysis) is 1. The molecular formula is C20H29N3O6S. The molecule has 1 aromatic rings. The lowest BCUT2D eigenvalue weighted by atomic mass is 9.87. The van der Waals surface area contributed by atoms with E-state index in [4.69, 9.17) is 9.57 Å². The van der Waals surface area contributed by atoms with Crippen LogP contribution in [0.2, 0.25) is 0 Å². The van der Waals surface area contributed by atoms with E-state index in [1.807, 2.05) is 6.92 Å². The van der Waals surface area contributed by atoms with Gasteiger partial charge in [-0.15, -0.1) is 0 Å². The minimum Gasteiger partial charge on any atom is -0.444 e. The lowest BCUT2D eigenvalue weighted by Crippen LogP contribution is -2.55. The summed E-state index contributed by atoms with van der Waals surface area (Å²) in [4.78, 5) is 18.0. The van der Waals surface area contributed by atoms with Gasteiger partial charge in [-0.25, -0.2) is 17.9 Å². The summed E-state index contributed by atoms with van der Waals surface area (Å²) in [5, 5.41) is 17.5. The van der Waals surface area contributed by atoms with E-state index in [-0.39, 0.29) is 4.90 Å². The van der Waals surface area contributed by atoms with E-state index >= 15 is 0 Å². The van der Waals surface area contributed by atoms with Crippen LogP contribution in [-0.4, -0.2) is 54.7 Å².